The number of nitrogens with one attached hydrogen (secondary N) is 3. The van der Waals surface area contributed by atoms with E-state index in [4.69, 9.17) is 23.2 Å². The monoisotopic (exact) mass is 527 g/mol. The second-order valence-electron chi connectivity index (χ2n) is 8.22. The van der Waals surface area contributed by atoms with Gasteiger partial charge in [-0.1, -0.05) is 79.1 Å². The van der Waals surface area contributed by atoms with Gasteiger partial charge in [0.2, 0.25) is 11.1 Å². The quantitative estimate of drug-likeness (QED) is 0.239. The molecule has 0 fully saturated rings. The molecule has 0 saturated carbocycles. The predicted molar refractivity (Wildman–Crippen MR) is 141 cm³/mol. The summed E-state index contributed by atoms with van der Waals surface area (Å²) in [5.41, 5.74) is 1.05. The lowest BCUT2D eigenvalue weighted by Gasteiger charge is -2.20. The number of anilines is 1. The third kappa shape index (κ3) is 6.33. The van der Waals surface area contributed by atoms with Gasteiger partial charge in [-0.2, -0.15) is 0 Å². The Balaban J connectivity index is 1.37. The van der Waals surface area contributed by atoms with Crippen molar-refractivity contribution in [1.29, 1.82) is 0 Å². The molecule has 2 amide bonds. The number of fused-ring (bicyclic) bond motifs is 1. The lowest BCUT2D eigenvalue weighted by Crippen LogP contribution is -2.32. The van der Waals surface area contributed by atoms with Gasteiger partial charge in [0.25, 0.3) is 5.91 Å². The minimum atomic E-state index is -0.428. The number of carbonyl (C=O) groups is 2. The summed E-state index contributed by atoms with van der Waals surface area (Å²) in [4.78, 5) is 29.7. The third-order valence-corrected chi connectivity index (χ3v) is 6.67. The Morgan fingerprint density at radius 3 is 2.54 bits per heavy atom. The van der Waals surface area contributed by atoms with Crippen LogP contribution in [0.25, 0.3) is 10.8 Å². The van der Waals surface area contributed by atoms with Crippen LogP contribution in [0.2, 0.25) is 10.0 Å². The van der Waals surface area contributed by atoms with Gasteiger partial charge < -0.3 is 10.6 Å². The molecule has 7 nitrogen and oxygen atoms in total. The van der Waals surface area contributed by atoms with Gasteiger partial charge in [-0.3, -0.25) is 14.7 Å². The summed E-state index contributed by atoms with van der Waals surface area (Å²) in [6, 6.07) is 18.0. The molecule has 0 unspecified atom stereocenters. The molecule has 3 aromatic carbocycles. The minimum absolute atomic E-state index is 0.0204. The van der Waals surface area contributed by atoms with E-state index in [0.29, 0.717) is 21.6 Å². The van der Waals surface area contributed by atoms with Crippen molar-refractivity contribution in [3.8, 4) is 0 Å². The second-order valence-corrected chi connectivity index (χ2v) is 10.0. The van der Waals surface area contributed by atoms with E-state index in [1.807, 2.05) is 56.3 Å². The zero-order valence-electron chi connectivity index (χ0n) is 19.0. The highest BCUT2D eigenvalue weighted by molar-refractivity contribution is 7.99. The number of hydrogen-bond acceptors (Lipinski definition) is 5. The molecule has 0 saturated heterocycles. The first-order chi connectivity index (χ1) is 16.8. The molecular formula is C25H23Cl2N5O2S. The van der Waals surface area contributed by atoms with Gasteiger partial charge in [-0.25, -0.2) is 4.98 Å². The summed E-state index contributed by atoms with van der Waals surface area (Å²) in [6.45, 7) is 3.92. The predicted octanol–water partition coefficient (Wildman–Crippen LogP) is 6.12. The Bertz CT molecular complexity index is 1370. The molecule has 1 aromatic heterocycles. The van der Waals surface area contributed by atoms with Crippen LogP contribution >= 0.6 is 35.0 Å². The maximum Gasteiger partial charge on any atom is 0.253 e. The van der Waals surface area contributed by atoms with Gasteiger partial charge in [0, 0.05) is 10.7 Å². The Morgan fingerprint density at radius 1 is 1.03 bits per heavy atom. The van der Waals surface area contributed by atoms with Crippen molar-refractivity contribution in [3.63, 3.8) is 0 Å². The van der Waals surface area contributed by atoms with Gasteiger partial charge in [0.15, 0.2) is 0 Å². The number of thioether (sulfide) groups is 1. The normalized spacial score (nSPS) is 12.0. The van der Waals surface area contributed by atoms with Crippen LogP contribution in [-0.2, 0) is 4.79 Å². The fourth-order valence-electron chi connectivity index (χ4n) is 3.50. The van der Waals surface area contributed by atoms with Gasteiger partial charge in [-0.15, -0.1) is 5.10 Å². The lowest BCUT2D eigenvalue weighted by atomic mass is 10.0. The van der Waals surface area contributed by atoms with Crippen molar-refractivity contribution in [3.05, 3.63) is 82.1 Å². The highest BCUT2D eigenvalue weighted by Gasteiger charge is 2.24. The number of nitrogens with zero attached hydrogens (tertiary/aromatic N) is 2. The molecule has 35 heavy (non-hydrogen) atoms. The van der Waals surface area contributed by atoms with Crippen LogP contribution in [0, 0.1) is 5.92 Å². The summed E-state index contributed by atoms with van der Waals surface area (Å²) < 4.78 is 0. The van der Waals surface area contributed by atoms with Crippen molar-refractivity contribution in [2.45, 2.75) is 25.0 Å². The Hall–Kier alpha value is -3.07. The first kappa shape index (κ1) is 25.0. The summed E-state index contributed by atoms with van der Waals surface area (Å²) in [6.07, 6.45) is 0. The number of benzene rings is 3. The van der Waals surface area contributed by atoms with Gasteiger partial charge in [0.1, 0.15) is 5.82 Å². The zero-order valence-corrected chi connectivity index (χ0v) is 21.3. The van der Waals surface area contributed by atoms with Gasteiger partial charge >= 0.3 is 0 Å². The first-order valence-corrected chi connectivity index (χ1v) is 12.6. The smallest absolute Gasteiger partial charge is 0.253 e. The van der Waals surface area contributed by atoms with Crippen LogP contribution in [0.5, 0.6) is 0 Å². The van der Waals surface area contributed by atoms with E-state index in [1.165, 1.54) is 17.8 Å². The summed E-state index contributed by atoms with van der Waals surface area (Å²) in [5.74, 6) is 0.153. The van der Waals surface area contributed by atoms with Crippen LogP contribution in [0.15, 0.2) is 65.8 Å². The highest BCUT2D eigenvalue weighted by Crippen LogP contribution is 2.25. The average molecular weight is 528 g/mol. The standard InChI is InChI=1S/C25H23Cl2N5O2S/c1-14(2)22(29-24(34)19-10-8-17(26)12-20(19)27)23-30-25(32-31-23)35-13-21(33)28-18-9-7-15-5-3-4-6-16(15)11-18/h3-12,14,22H,13H2,1-2H3,(H,28,33)(H,29,34)(H,30,31,32)/t22-/m1/s1. The van der Waals surface area contributed by atoms with Crippen molar-refractivity contribution >= 4 is 63.2 Å². The van der Waals surface area contributed by atoms with E-state index in [0.717, 1.165) is 16.5 Å². The van der Waals surface area contributed by atoms with Crippen LogP contribution in [0.4, 0.5) is 5.69 Å². The number of hydrogen-bond donors (Lipinski definition) is 3. The Kier molecular flexibility index (Phi) is 7.95. The van der Waals surface area contributed by atoms with Gasteiger partial charge in [0.05, 0.1) is 22.4 Å². The Morgan fingerprint density at radius 2 is 1.80 bits per heavy atom. The first-order valence-electron chi connectivity index (χ1n) is 10.9. The van der Waals surface area contributed by atoms with Gasteiger partial charge in [-0.05, 0) is 47.0 Å². The maximum atomic E-state index is 12.8. The summed E-state index contributed by atoms with van der Waals surface area (Å²) in [5, 5.41) is 16.2. The number of amides is 2. The minimum Gasteiger partial charge on any atom is -0.342 e. The number of aromatic amines is 1. The SMILES string of the molecule is CC(C)[C@@H](NC(=O)c1ccc(Cl)cc1Cl)c1nc(SCC(=O)Nc2ccc3ccccc3c2)n[nH]1. The second kappa shape index (κ2) is 11.1. The molecular weight excluding hydrogens is 505 g/mol. The largest absolute Gasteiger partial charge is 0.342 e. The molecule has 0 aliphatic heterocycles. The van der Waals surface area contributed by atoms with Crippen LogP contribution in [-0.4, -0.2) is 32.7 Å². The zero-order chi connectivity index (χ0) is 24.9. The molecule has 1 heterocycles. The van der Waals surface area contributed by atoms with E-state index < -0.39 is 6.04 Å². The fourth-order valence-corrected chi connectivity index (χ4v) is 4.60. The number of halogens is 2. The van der Waals surface area contributed by atoms with Crippen LogP contribution in [0.3, 0.4) is 0 Å². The van der Waals surface area contributed by atoms with E-state index in [1.54, 1.807) is 12.1 Å². The molecule has 0 radical (unpaired) electrons. The number of aromatic nitrogens is 3. The maximum absolute atomic E-state index is 12.8. The molecule has 4 rings (SSSR count). The molecule has 1 atom stereocenters. The lowest BCUT2D eigenvalue weighted by molar-refractivity contribution is -0.113. The molecule has 0 aliphatic carbocycles. The van der Waals surface area contributed by atoms with E-state index in [-0.39, 0.29) is 28.5 Å². The van der Waals surface area contributed by atoms with Crippen LogP contribution in [0.1, 0.15) is 36.1 Å². The van der Waals surface area contributed by atoms with E-state index in [9.17, 15) is 9.59 Å². The van der Waals surface area contributed by atoms with Crippen LogP contribution < -0.4 is 10.6 Å². The molecule has 0 bridgehead atoms. The third-order valence-electron chi connectivity index (χ3n) is 5.27. The fraction of sp³-hybridized carbons (Fsp3) is 0.200. The van der Waals surface area contributed by atoms with Crippen molar-refractivity contribution < 1.29 is 9.59 Å². The van der Waals surface area contributed by atoms with Crippen molar-refractivity contribution in [2.24, 2.45) is 5.92 Å². The number of H-pyrrole nitrogens is 1. The highest BCUT2D eigenvalue weighted by atomic mass is 35.5. The summed E-state index contributed by atoms with van der Waals surface area (Å²) >= 11 is 13.3. The van der Waals surface area contributed by atoms with E-state index in [2.05, 4.69) is 25.8 Å². The molecule has 10 heteroatoms. The topological polar surface area (TPSA) is 99.8 Å². The molecule has 180 valence electrons. The van der Waals surface area contributed by atoms with E-state index >= 15 is 0 Å². The molecule has 4 aromatic rings. The van der Waals surface area contributed by atoms with Crippen molar-refractivity contribution in [1.82, 2.24) is 20.5 Å². The molecule has 3 N–H and O–H groups in total. The molecule has 0 spiro atoms. The number of rotatable bonds is 8. The van der Waals surface area contributed by atoms with Crippen molar-refractivity contribution in [2.75, 3.05) is 11.1 Å². The average Bonchev–Trinajstić information content (AvgIpc) is 3.29. The number of carbonyl (C=O) groups excluding carboxylic acids is 2. The summed E-state index contributed by atoms with van der Waals surface area (Å²) in [7, 11) is 0. The Labute approximate surface area is 217 Å². The molecule has 0 aliphatic rings.